The number of carboxylic acid groups (broad SMARTS) is 1. The Morgan fingerprint density at radius 3 is 2.45 bits per heavy atom. The molecule has 3 aliphatic rings. The maximum absolute atomic E-state index is 15.4. The van der Waals surface area contributed by atoms with E-state index in [0.717, 1.165) is 30.0 Å². The quantitative estimate of drug-likeness (QED) is 0.528. The molecule has 2 amide bonds. The summed E-state index contributed by atoms with van der Waals surface area (Å²) in [7, 11) is 0. The van der Waals surface area contributed by atoms with E-state index in [2.05, 4.69) is 0 Å². The van der Waals surface area contributed by atoms with E-state index < -0.39 is 35.3 Å². The topological polar surface area (TPSA) is 135 Å². The first-order valence-corrected chi connectivity index (χ1v) is 12.5. The van der Waals surface area contributed by atoms with Crippen LogP contribution in [0.1, 0.15) is 40.4 Å². The Labute approximate surface area is 216 Å². The molecule has 0 bridgehead atoms. The van der Waals surface area contributed by atoms with Gasteiger partial charge in [-0.05, 0) is 61.1 Å². The molecule has 10 nitrogen and oxygen atoms in total. The molecule has 1 saturated carbocycles. The van der Waals surface area contributed by atoms with Crippen molar-refractivity contribution in [2.75, 3.05) is 29.4 Å². The zero-order valence-electron chi connectivity index (χ0n) is 20.4. The number of halogens is 1. The van der Waals surface area contributed by atoms with Crippen LogP contribution in [0, 0.1) is 5.82 Å². The Balaban J connectivity index is 1.31. The molecule has 0 unspecified atom stereocenters. The number of pyridine rings is 1. The van der Waals surface area contributed by atoms with Gasteiger partial charge in [0, 0.05) is 36.4 Å². The van der Waals surface area contributed by atoms with Crippen LogP contribution in [0.5, 0.6) is 0 Å². The molecule has 1 atom stereocenters. The summed E-state index contributed by atoms with van der Waals surface area (Å²) in [4.78, 5) is 51.4. The fourth-order valence-corrected chi connectivity index (χ4v) is 5.35. The Kier molecular flexibility index (Phi) is 5.59. The summed E-state index contributed by atoms with van der Waals surface area (Å²) in [6, 6.07) is 8.51. The molecule has 3 heterocycles. The van der Waals surface area contributed by atoms with Gasteiger partial charge in [-0.25, -0.2) is 14.0 Å². The van der Waals surface area contributed by atoms with Crippen LogP contribution in [-0.4, -0.2) is 53.4 Å². The average Bonchev–Trinajstić information content (AvgIpc) is 3.68. The van der Waals surface area contributed by atoms with Crippen LogP contribution in [-0.2, 0) is 22.4 Å². The number of primary amides is 1. The number of fused-ring (bicyclic) bond motifs is 2. The van der Waals surface area contributed by atoms with Crippen LogP contribution in [0.2, 0.25) is 0 Å². The molecule has 6 rings (SSSR count). The number of cyclic esters (lactones) is 1. The lowest BCUT2D eigenvalue weighted by molar-refractivity contribution is -0.124. The van der Waals surface area contributed by atoms with Crippen molar-refractivity contribution < 1.29 is 28.6 Å². The highest BCUT2D eigenvalue weighted by atomic mass is 19.1. The molecule has 0 spiro atoms. The molecule has 0 radical (unpaired) electrons. The molecule has 3 aromatic rings. The van der Waals surface area contributed by atoms with Crippen molar-refractivity contribution in [3.05, 3.63) is 69.3 Å². The van der Waals surface area contributed by atoms with Crippen LogP contribution in [0.4, 0.5) is 20.6 Å². The monoisotopic (exact) mass is 520 g/mol. The number of amides is 2. The van der Waals surface area contributed by atoms with E-state index in [1.54, 1.807) is 16.7 Å². The largest absolute Gasteiger partial charge is 0.477 e. The predicted molar refractivity (Wildman–Crippen MR) is 136 cm³/mol. The number of hydrogen-bond acceptors (Lipinski definition) is 6. The third-order valence-corrected chi connectivity index (χ3v) is 7.54. The number of carbonyl (C=O) groups is 3. The lowest BCUT2D eigenvalue weighted by Gasteiger charge is -2.24. The molecule has 2 fully saturated rings. The first kappa shape index (κ1) is 24.0. The summed E-state index contributed by atoms with van der Waals surface area (Å²) in [6.07, 6.45) is 2.71. The summed E-state index contributed by atoms with van der Waals surface area (Å²) in [5, 5.41) is 9.54. The van der Waals surface area contributed by atoms with Crippen molar-refractivity contribution in [2.24, 2.45) is 5.73 Å². The van der Waals surface area contributed by atoms with E-state index >= 15 is 4.39 Å². The van der Waals surface area contributed by atoms with Gasteiger partial charge in [0.15, 0.2) is 6.10 Å². The number of carbonyl (C=O) groups excluding carboxylic acids is 2. The van der Waals surface area contributed by atoms with Gasteiger partial charge in [0.2, 0.25) is 5.43 Å². The van der Waals surface area contributed by atoms with Crippen molar-refractivity contribution in [1.29, 1.82) is 0 Å². The number of nitrogens with zero attached hydrogens (tertiary/aromatic N) is 3. The van der Waals surface area contributed by atoms with Gasteiger partial charge in [-0.15, -0.1) is 0 Å². The van der Waals surface area contributed by atoms with Gasteiger partial charge in [0.1, 0.15) is 11.4 Å². The Morgan fingerprint density at radius 1 is 1.05 bits per heavy atom. The average molecular weight is 521 g/mol. The van der Waals surface area contributed by atoms with Crippen molar-refractivity contribution >= 4 is 40.2 Å². The lowest BCUT2D eigenvalue weighted by atomic mass is 10.0. The summed E-state index contributed by atoms with van der Waals surface area (Å²) >= 11 is 0. The second-order valence-electron chi connectivity index (χ2n) is 9.96. The second-order valence-corrected chi connectivity index (χ2v) is 9.96. The summed E-state index contributed by atoms with van der Waals surface area (Å²) in [5.74, 6) is -2.61. The smallest absolute Gasteiger partial charge is 0.415 e. The zero-order valence-corrected chi connectivity index (χ0v) is 20.4. The van der Waals surface area contributed by atoms with Crippen molar-refractivity contribution in [3.8, 4) is 0 Å². The molecule has 2 aromatic carbocycles. The fraction of sp³-hybridized carbons (Fsp3) is 0.333. The highest BCUT2D eigenvalue weighted by Gasteiger charge is 2.36. The SMILES string of the molecule is NC(=O)[C@H]1CN(c2ccc3c(c2)CCN(c2cc4c(cc2F)c(=O)c(C(=O)O)cn4C2CC2)CC3)C(=O)O1. The number of anilines is 2. The Morgan fingerprint density at radius 2 is 1.79 bits per heavy atom. The highest BCUT2D eigenvalue weighted by Crippen LogP contribution is 2.38. The van der Waals surface area contributed by atoms with E-state index in [1.165, 1.54) is 11.1 Å². The third kappa shape index (κ3) is 4.04. The highest BCUT2D eigenvalue weighted by molar-refractivity contribution is 5.95. The molecular formula is C27H25FN4O6. The molecule has 1 aliphatic carbocycles. The number of rotatable bonds is 5. The number of carboxylic acids is 1. The van der Waals surface area contributed by atoms with Crippen molar-refractivity contribution in [1.82, 2.24) is 4.57 Å². The van der Waals surface area contributed by atoms with Gasteiger partial charge in [-0.2, -0.15) is 0 Å². The van der Waals surface area contributed by atoms with Gasteiger partial charge in [0.05, 0.1) is 17.7 Å². The predicted octanol–water partition coefficient (Wildman–Crippen LogP) is 2.59. The second kappa shape index (κ2) is 8.86. The Bertz CT molecular complexity index is 1580. The number of benzene rings is 2. The third-order valence-electron chi connectivity index (χ3n) is 7.54. The number of aromatic carboxylic acids is 1. The van der Waals surface area contributed by atoms with Gasteiger partial charge >= 0.3 is 12.1 Å². The number of ether oxygens (including phenoxy) is 1. The molecule has 3 N–H and O–H groups in total. The van der Waals surface area contributed by atoms with Crippen LogP contribution >= 0.6 is 0 Å². The van der Waals surface area contributed by atoms with Gasteiger partial charge < -0.3 is 25.0 Å². The van der Waals surface area contributed by atoms with Gasteiger partial charge in [-0.3, -0.25) is 14.5 Å². The molecular weight excluding hydrogens is 495 g/mol. The molecule has 38 heavy (non-hydrogen) atoms. The van der Waals surface area contributed by atoms with E-state index in [1.807, 2.05) is 17.0 Å². The molecule has 2 aliphatic heterocycles. The van der Waals surface area contributed by atoms with Gasteiger partial charge in [-0.1, -0.05) is 6.07 Å². The molecule has 1 aromatic heterocycles. The Hall–Kier alpha value is -4.41. The fourth-order valence-electron chi connectivity index (χ4n) is 5.35. The molecule has 11 heteroatoms. The summed E-state index contributed by atoms with van der Waals surface area (Å²) in [5.41, 5.74) is 7.79. The first-order valence-electron chi connectivity index (χ1n) is 12.5. The first-order chi connectivity index (χ1) is 18.2. The normalized spacial score (nSPS) is 19.3. The minimum absolute atomic E-state index is 0.0493. The van der Waals surface area contributed by atoms with E-state index in [0.29, 0.717) is 42.8 Å². The van der Waals surface area contributed by atoms with E-state index in [9.17, 15) is 24.3 Å². The van der Waals surface area contributed by atoms with E-state index in [-0.39, 0.29) is 23.5 Å². The van der Waals surface area contributed by atoms with Gasteiger partial charge in [0.25, 0.3) is 5.91 Å². The van der Waals surface area contributed by atoms with Crippen LogP contribution in [0.15, 0.2) is 41.3 Å². The number of hydrogen-bond donors (Lipinski definition) is 2. The summed E-state index contributed by atoms with van der Waals surface area (Å²) in [6.45, 7) is 1.08. The standard InChI is InChI=1S/C27H25FN4O6/c28-20-10-18-21(31(16-3-4-16)12-19(24(18)33)26(35)36)11-22(20)30-7-5-14-1-2-17(9-15(14)6-8-30)32-13-23(25(29)34)38-27(32)37/h1-2,9-12,16,23H,3-8,13H2,(H2,29,34)(H,35,36)/t23-/m1/s1. The van der Waals surface area contributed by atoms with Crippen molar-refractivity contribution in [2.45, 2.75) is 37.8 Å². The van der Waals surface area contributed by atoms with E-state index in [4.69, 9.17) is 10.5 Å². The molecule has 196 valence electrons. The maximum Gasteiger partial charge on any atom is 0.415 e. The minimum Gasteiger partial charge on any atom is -0.477 e. The van der Waals surface area contributed by atoms with Crippen LogP contribution in [0.25, 0.3) is 10.9 Å². The minimum atomic E-state index is -1.33. The maximum atomic E-state index is 15.4. The van der Waals surface area contributed by atoms with Crippen LogP contribution in [0.3, 0.4) is 0 Å². The van der Waals surface area contributed by atoms with Crippen molar-refractivity contribution in [3.63, 3.8) is 0 Å². The zero-order chi connectivity index (χ0) is 26.7. The lowest BCUT2D eigenvalue weighted by Crippen LogP contribution is -2.32. The van der Waals surface area contributed by atoms with Crippen LogP contribution < -0.4 is 21.0 Å². The number of nitrogens with two attached hydrogens (primary N) is 1. The molecule has 1 saturated heterocycles. The number of aromatic nitrogens is 1. The summed E-state index contributed by atoms with van der Waals surface area (Å²) < 4.78 is 22.2.